The van der Waals surface area contributed by atoms with E-state index in [1.165, 1.54) is 32.1 Å². The van der Waals surface area contributed by atoms with Crippen LogP contribution in [0.2, 0.25) is 0 Å². The highest BCUT2D eigenvalue weighted by Crippen LogP contribution is 2.30. The van der Waals surface area contributed by atoms with Gasteiger partial charge in [0.05, 0.1) is 6.42 Å². The fraction of sp³-hybridized carbons (Fsp3) is 0.588. The van der Waals surface area contributed by atoms with Gasteiger partial charge in [-0.2, -0.15) is 0 Å². The Labute approximate surface area is 121 Å². The lowest BCUT2D eigenvalue weighted by Crippen LogP contribution is -2.32. The molecular weight excluding hydrogens is 250 g/mol. The summed E-state index contributed by atoms with van der Waals surface area (Å²) < 4.78 is 0. The Morgan fingerprint density at radius 3 is 2.50 bits per heavy atom. The lowest BCUT2D eigenvalue weighted by atomic mass is 9.81. The van der Waals surface area contributed by atoms with Crippen molar-refractivity contribution in [2.75, 3.05) is 6.54 Å². The number of carbonyl (C=O) groups is 1. The van der Waals surface area contributed by atoms with E-state index in [0.29, 0.717) is 11.5 Å². The second kappa shape index (κ2) is 7.32. The van der Waals surface area contributed by atoms with Gasteiger partial charge in [-0.05, 0) is 30.7 Å². The van der Waals surface area contributed by atoms with Crippen molar-refractivity contribution in [1.29, 1.82) is 0 Å². The van der Waals surface area contributed by atoms with Crippen molar-refractivity contribution in [3.8, 4) is 5.75 Å². The first-order chi connectivity index (χ1) is 9.69. The molecule has 1 saturated carbocycles. The van der Waals surface area contributed by atoms with Crippen molar-refractivity contribution in [2.24, 2.45) is 11.8 Å². The van der Waals surface area contributed by atoms with E-state index in [2.05, 4.69) is 12.2 Å². The zero-order chi connectivity index (χ0) is 14.4. The molecule has 0 unspecified atom stereocenters. The molecule has 110 valence electrons. The summed E-state index contributed by atoms with van der Waals surface area (Å²) in [5.41, 5.74) is 0.694. The van der Waals surface area contributed by atoms with Gasteiger partial charge in [-0.25, -0.2) is 0 Å². The van der Waals surface area contributed by atoms with Gasteiger partial charge in [0.1, 0.15) is 5.75 Å². The topological polar surface area (TPSA) is 49.3 Å². The van der Waals surface area contributed by atoms with E-state index < -0.39 is 0 Å². The average molecular weight is 275 g/mol. The van der Waals surface area contributed by atoms with Gasteiger partial charge in [0.15, 0.2) is 0 Å². The Balaban J connectivity index is 1.72. The smallest absolute Gasteiger partial charge is 0.224 e. The SMILES string of the molecule is CCC1CCC(CNC(=O)Cc2ccccc2O)CC1. The number of nitrogens with one attached hydrogen (secondary N) is 1. The third-order valence-electron chi connectivity index (χ3n) is 4.47. The molecule has 0 bridgehead atoms. The third kappa shape index (κ3) is 4.26. The Morgan fingerprint density at radius 2 is 1.85 bits per heavy atom. The molecule has 20 heavy (non-hydrogen) atoms. The van der Waals surface area contributed by atoms with Crippen LogP contribution in [0.15, 0.2) is 24.3 Å². The minimum absolute atomic E-state index is 0.00381. The van der Waals surface area contributed by atoms with Crippen LogP contribution in [-0.2, 0) is 11.2 Å². The predicted molar refractivity (Wildman–Crippen MR) is 80.6 cm³/mol. The van der Waals surface area contributed by atoms with Crippen LogP contribution in [0.5, 0.6) is 5.75 Å². The van der Waals surface area contributed by atoms with E-state index >= 15 is 0 Å². The largest absolute Gasteiger partial charge is 0.508 e. The van der Waals surface area contributed by atoms with Crippen molar-refractivity contribution >= 4 is 5.91 Å². The van der Waals surface area contributed by atoms with Gasteiger partial charge in [0.2, 0.25) is 5.91 Å². The predicted octanol–water partition coefficient (Wildman–Crippen LogP) is 3.27. The number of rotatable bonds is 5. The van der Waals surface area contributed by atoms with Gasteiger partial charge in [-0.3, -0.25) is 4.79 Å². The second-order valence-electron chi connectivity index (χ2n) is 5.90. The van der Waals surface area contributed by atoms with Crippen LogP contribution < -0.4 is 5.32 Å². The first kappa shape index (κ1) is 14.9. The maximum atomic E-state index is 11.9. The Morgan fingerprint density at radius 1 is 1.20 bits per heavy atom. The minimum atomic E-state index is 0.00381. The van der Waals surface area contributed by atoms with Crippen LogP contribution in [0.1, 0.15) is 44.6 Å². The molecule has 1 aromatic carbocycles. The lowest BCUT2D eigenvalue weighted by Gasteiger charge is -2.27. The van der Waals surface area contributed by atoms with E-state index in [9.17, 15) is 9.90 Å². The Kier molecular flexibility index (Phi) is 5.45. The molecule has 0 saturated heterocycles. The minimum Gasteiger partial charge on any atom is -0.508 e. The normalized spacial score (nSPS) is 22.4. The van der Waals surface area contributed by atoms with Crippen LogP contribution in [0.25, 0.3) is 0 Å². The van der Waals surface area contributed by atoms with E-state index in [1.807, 2.05) is 6.07 Å². The number of phenols is 1. The molecule has 1 aliphatic rings. The summed E-state index contributed by atoms with van der Waals surface area (Å²) in [5.74, 6) is 1.73. The first-order valence-electron chi connectivity index (χ1n) is 7.72. The molecule has 1 aliphatic carbocycles. The van der Waals surface area contributed by atoms with Crippen LogP contribution in [0.3, 0.4) is 0 Å². The summed E-state index contributed by atoms with van der Waals surface area (Å²) >= 11 is 0. The highest BCUT2D eigenvalue weighted by atomic mass is 16.3. The van der Waals surface area contributed by atoms with Crippen molar-refractivity contribution < 1.29 is 9.90 Å². The van der Waals surface area contributed by atoms with Crippen LogP contribution in [-0.4, -0.2) is 17.6 Å². The summed E-state index contributed by atoms with van der Waals surface area (Å²) in [7, 11) is 0. The fourth-order valence-corrected chi connectivity index (χ4v) is 3.00. The number of hydrogen-bond donors (Lipinski definition) is 2. The maximum Gasteiger partial charge on any atom is 0.224 e. The van der Waals surface area contributed by atoms with E-state index in [-0.39, 0.29) is 18.1 Å². The van der Waals surface area contributed by atoms with Crippen molar-refractivity contribution in [1.82, 2.24) is 5.32 Å². The molecule has 0 heterocycles. The van der Waals surface area contributed by atoms with Gasteiger partial charge in [-0.1, -0.05) is 44.4 Å². The molecule has 2 N–H and O–H groups in total. The molecule has 3 nitrogen and oxygen atoms in total. The zero-order valence-electron chi connectivity index (χ0n) is 12.3. The summed E-state index contributed by atoms with van der Waals surface area (Å²) in [4.78, 5) is 11.9. The highest BCUT2D eigenvalue weighted by Gasteiger charge is 2.20. The standard InChI is InChI=1S/C17H25NO2/c1-2-13-7-9-14(10-8-13)12-18-17(20)11-15-5-3-4-6-16(15)19/h3-6,13-14,19H,2,7-12H2,1H3,(H,18,20). The molecule has 2 rings (SSSR count). The van der Waals surface area contributed by atoms with Gasteiger partial charge >= 0.3 is 0 Å². The number of phenolic OH excluding ortho intramolecular Hbond substituents is 1. The summed E-state index contributed by atoms with van der Waals surface area (Å²) in [6.07, 6.45) is 6.61. The number of para-hydroxylation sites is 1. The molecule has 0 radical (unpaired) electrons. The highest BCUT2D eigenvalue weighted by molar-refractivity contribution is 5.79. The Bertz CT molecular complexity index is 436. The van der Waals surface area contributed by atoms with Crippen molar-refractivity contribution in [2.45, 2.75) is 45.4 Å². The third-order valence-corrected chi connectivity index (χ3v) is 4.47. The number of hydrogen-bond acceptors (Lipinski definition) is 2. The van der Waals surface area contributed by atoms with Crippen molar-refractivity contribution in [3.63, 3.8) is 0 Å². The number of benzene rings is 1. The molecule has 0 atom stereocenters. The van der Waals surface area contributed by atoms with Crippen LogP contribution in [0, 0.1) is 11.8 Å². The van der Waals surface area contributed by atoms with Gasteiger partial charge in [0.25, 0.3) is 0 Å². The van der Waals surface area contributed by atoms with Crippen molar-refractivity contribution in [3.05, 3.63) is 29.8 Å². The van der Waals surface area contributed by atoms with Gasteiger partial charge in [0, 0.05) is 12.1 Å². The fourth-order valence-electron chi connectivity index (χ4n) is 3.00. The average Bonchev–Trinajstić information content (AvgIpc) is 2.48. The van der Waals surface area contributed by atoms with Crippen LogP contribution >= 0.6 is 0 Å². The van der Waals surface area contributed by atoms with E-state index in [1.54, 1.807) is 18.2 Å². The lowest BCUT2D eigenvalue weighted by molar-refractivity contribution is -0.120. The zero-order valence-corrected chi connectivity index (χ0v) is 12.3. The number of aromatic hydroxyl groups is 1. The molecule has 0 aromatic heterocycles. The molecule has 0 aliphatic heterocycles. The number of amides is 1. The first-order valence-corrected chi connectivity index (χ1v) is 7.72. The molecule has 1 aromatic rings. The van der Waals surface area contributed by atoms with Crippen LogP contribution in [0.4, 0.5) is 0 Å². The second-order valence-corrected chi connectivity index (χ2v) is 5.90. The monoisotopic (exact) mass is 275 g/mol. The molecule has 1 fully saturated rings. The van der Waals surface area contributed by atoms with Gasteiger partial charge in [-0.15, -0.1) is 0 Å². The quantitative estimate of drug-likeness (QED) is 0.866. The number of carbonyl (C=O) groups excluding carboxylic acids is 1. The maximum absolute atomic E-state index is 11.9. The molecule has 1 amide bonds. The van der Waals surface area contributed by atoms with Gasteiger partial charge < -0.3 is 10.4 Å². The summed E-state index contributed by atoms with van der Waals surface area (Å²) in [6.45, 7) is 3.04. The molecular formula is C17H25NO2. The van der Waals surface area contributed by atoms with E-state index in [4.69, 9.17) is 0 Å². The Hall–Kier alpha value is -1.51. The molecule has 3 heteroatoms. The van der Waals surface area contributed by atoms with E-state index in [0.717, 1.165) is 12.5 Å². The summed E-state index contributed by atoms with van der Waals surface area (Å²) in [6, 6.07) is 7.02. The summed E-state index contributed by atoms with van der Waals surface area (Å²) in [5, 5.41) is 12.7. The molecule has 0 spiro atoms.